The molecule has 0 N–H and O–H groups in total. The van der Waals surface area contributed by atoms with Crippen molar-refractivity contribution in [3.8, 4) is 0 Å². The van der Waals surface area contributed by atoms with Gasteiger partial charge in [0, 0.05) is 24.7 Å². The second kappa shape index (κ2) is 7.89. The Morgan fingerprint density at radius 3 is 2.30 bits per heavy atom. The van der Waals surface area contributed by atoms with E-state index in [0.29, 0.717) is 6.42 Å². The van der Waals surface area contributed by atoms with Crippen molar-refractivity contribution >= 4 is 27.2 Å². The lowest BCUT2D eigenvalue weighted by Crippen LogP contribution is -2.36. The minimum atomic E-state index is -4.60. The molecule has 1 aromatic carbocycles. The van der Waals surface area contributed by atoms with Crippen molar-refractivity contribution < 1.29 is 40.7 Å². The maximum atomic E-state index is 12.7. The van der Waals surface area contributed by atoms with Gasteiger partial charge >= 0.3 is 6.18 Å². The molecule has 1 aliphatic carbocycles. The average molecular weight is 406 g/mol. The number of benzene rings is 1. The summed E-state index contributed by atoms with van der Waals surface area (Å²) in [7, 11) is -4.05. The van der Waals surface area contributed by atoms with E-state index >= 15 is 0 Å². The summed E-state index contributed by atoms with van der Waals surface area (Å²) in [5.41, 5.74) is -0.539. The molecule has 0 aliphatic heterocycles. The number of Topliss-reactive ketones (excluding diaryl/α,β-unsaturated/α-hetero) is 3. The van der Waals surface area contributed by atoms with Crippen LogP contribution in [0.3, 0.4) is 0 Å². The monoisotopic (exact) mass is 406 g/mol. The first kappa shape index (κ1) is 21.2. The molecule has 27 heavy (non-hydrogen) atoms. The first-order valence-corrected chi connectivity index (χ1v) is 9.87. The number of alkyl halides is 3. The lowest BCUT2D eigenvalue weighted by molar-refractivity contribution is -0.176. The lowest BCUT2D eigenvalue weighted by Gasteiger charge is -2.20. The molecule has 1 saturated carbocycles. The van der Waals surface area contributed by atoms with E-state index in [1.54, 1.807) is 0 Å². The molecule has 0 unspecified atom stereocenters. The second-order valence-corrected chi connectivity index (χ2v) is 8.21. The Morgan fingerprint density at radius 1 is 1.19 bits per heavy atom. The van der Waals surface area contributed by atoms with Crippen LogP contribution in [0.1, 0.15) is 35.2 Å². The maximum absolute atomic E-state index is 12.7. The summed E-state index contributed by atoms with van der Waals surface area (Å²) in [6, 6.07) is 3.63. The molecule has 0 saturated heterocycles. The zero-order valence-corrected chi connectivity index (χ0v) is 15.2. The quantitative estimate of drug-likeness (QED) is 0.531. The molecule has 0 heterocycles. The average Bonchev–Trinajstić information content (AvgIpc) is 2.52. The molecule has 2 rings (SSSR count). The zero-order valence-electron chi connectivity index (χ0n) is 14.3. The summed E-state index contributed by atoms with van der Waals surface area (Å²) in [5, 5.41) is 0. The van der Waals surface area contributed by atoms with Gasteiger partial charge in [-0.05, 0) is 12.0 Å². The van der Waals surface area contributed by atoms with Crippen LogP contribution in [0.4, 0.5) is 13.2 Å². The Bertz CT molecular complexity index is 857. The molecule has 0 aromatic heterocycles. The van der Waals surface area contributed by atoms with Gasteiger partial charge in [-0.1, -0.05) is 18.2 Å². The van der Waals surface area contributed by atoms with Crippen LogP contribution < -0.4 is 0 Å². The number of carbonyl (C=O) groups excluding carboxylic acids is 3. The van der Waals surface area contributed by atoms with Crippen LogP contribution in [0.5, 0.6) is 0 Å². The molecule has 0 atom stereocenters. The Labute approximate surface area is 153 Å². The fourth-order valence-electron chi connectivity index (χ4n) is 2.96. The summed E-state index contributed by atoms with van der Waals surface area (Å²) in [5.74, 6) is -3.71. The third kappa shape index (κ3) is 5.23. The number of sulfone groups is 1. The van der Waals surface area contributed by atoms with Crippen LogP contribution >= 0.6 is 0 Å². The van der Waals surface area contributed by atoms with Crippen LogP contribution in [0.25, 0.3) is 0 Å². The van der Waals surface area contributed by atoms with Gasteiger partial charge in [0.05, 0.1) is 11.5 Å². The highest BCUT2D eigenvalue weighted by Gasteiger charge is 2.38. The third-order valence-corrected chi connectivity index (χ3v) is 5.23. The van der Waals surface area contributed by atoms with Crippen LogP contribution in [0, 0.1) is 5.92 Å². The smallest absolute Gasteiger partial charge is 0.367 e. The van der Waals surface area contributed by atoms with E-state index < -0.39 is 57.4 Å². The molecule has 0 radical (unpaired) electrons. The largest absolute Gasteiger partial charge is 0.411 e. The fraction of sp³-hybridized carbons (Fsp3) is 0.471. The highest BCUT2D eigenvalue weighted by atomic mass is 32.2. The van der Waals surface area contributed by atoms with E-state index in [0.717, 1.165) is 12.3 Å². The van der Waals surface area contributed by atoms with Gasteiger partial charge in [0.25, 0.3) is 0 Å². The summed E-state index contributed by atoms with van der Waals surface area (Å²) in [6.07, 6.45) is -3.42. The van der Waals surface area contributed by atoms with Crippen molar-refractivity contribution in [3.05, 3.63) is 29.3 Å². The third-order valence-electron chi connectivity index (χ3n) is 4.01. The van der Waals surface area contributed by atoms with Gasteiger partial charge in [0.2, 0.25) is 0 Å². The van der Waals surface area contributed by atoms with Crippen molar-refractivity contribution in [1.29, 1.82) is 0 Å². The number of hydrogen-bond acceptors (Lipinski definition) is 6. The first-order valence-electron chi connectivity index (χ1n) is 7.98. The van der Waals surface area contributed by atoms with Gasteiger partial charge in [-0.15, -0.1) is 0 Å². The minimum absolute atomic E-state index is 0.0325. The van der Waals surface area contributed by atoms with Crippen LogP contribution in [0.15, 0.2) is 23.1 Å². The topological polar surface area (TPSA) is 94.6 Å². The molecule has 0 bridgehead atoms. The Kier molecular flexibility index (Phi) is 6.21. The predicted octanol–water partition coefficient (Wildman–Crippen LogP) is 2.29. The molecular weight excluding hydrogens is 389 g/mol. The first-order chi connectivity index (χ1) is 12.4. The SMILES string of the molecule is CS(=O)(=O)c1c(COCC(F)(F)F)cccc1C(=O)C1C(=O)CCCC1=O. The van der Waals surface area contributed by atoms with Gasteiger partial charge in [-0.25, -0.2) is 8.42 Å². The number of ether oxygens (including phenoxy) is 1. The summed E-state index contributed by atoms with van der Waals surface area (Å²) >= 11 is 0. The minimum Gasteiger partial charge on any atom is -0.367 e. The van der Waals surface area contributed by atoms with E-state index in [-0.39, 0.29) is 24.0 Å². The fourth-order valence-corrected chi connectivity index (χ4v) is 4.13. The number of carbonyl (C=O) groups is 3. The van der Waals surface area contributed by atoms with Crippen LogP contribution in [-0.2, 0) is 30.8 Å². The summed E-state index contributed by atoms with van der Waals surface area (Å²) in [6.45, 7) is -2.29. The highest BCUT2D eigenvalue weighted by Crippen LogP contribution is 2.28. The lowest BCUT2D eigenvalue weighted by atomic mass is 9.81. The van der Waals surface area contributed by atoms with Crippen LogP contribution in [-0.4, -0.2) is 44.8 Å². The van der Waals surface area contributed by atoms with Crippen molar-refractivity contribution in [2.45, 2.75) is 36.9 Å². The number of halogens is 3. The van der Waals surface area contributed by atoms with Crippen molar-refractivity contribution in [2.75, 3.05) is 12.9 Å². The molecule has 10 heteroatoms. The van der Waals surface area contributed by atoms with E-state index in [1.807, 2.05) is 0 Å². The van der Waals surface area contributed by atoms with Gasteiger partial charge < -0.3 is 4.74 Å². The molecule has 1 aliphatic rings. The summed E-state index contributed by atoms with van der Waals surface area (Å²) in [4.78, 5) is 36.2. The van der Waals surface area contributed by atoms with E-state index in [4.69, 9.17) is 0 Å². The normalized spacial score (nSPS) is 16.6. The van der Waals surface area contributed by atoms with Crippen LogP contribution in [0.2, 0.25) is 0 Å². The molecule has 1 aromatic rings. The van der Waals surface area contributed by atoms with E-state index in [2.05, 4.69) is 4.74 Å². The second-order valence-electron chi connectivity index (χ2n) is 6.26. The highest BCUT2D eigenvalue weighted by molar-refractivity contribution is 7.90. The van der Waals surface area contributed by atoms with Crippen molar-refractivity contribution in [2.24, 2.45) is 5.92 Å². The number of hydrogen-bond donors (Lipinski definition) is 0. The van der Waals surface area contributed by atoms with E-state index in [1.165, 1.54) is 12.1 Å². The Balaban J connectivity index is 2.44. The Morgan fingerprint density at radius 2 is 1.78 bits per heavy atom. The molecule has 6 nitrogen and oxygen atoms in total. The molecule has 148 valence electrons. The zero-order chi connectivity index (χ0) is 20.4. The molecule has 1 fully saturated rings. The van der Waals surface area contributed by atoms with Crippen molar-refractivity contribution in [3.63, 3.8) is 0 Å². The molecule has 0 spiro atoms. The Hall–Kier alpha value is -2.07. The number of ketones is 3. The van der Waals surface area contributed by atoms with Crippen molar-refractivity contribution in [1.82, 2.24) is 0 Å². The molecular formula is C17H17F3O6S. The van der Waals surface area contributed by atoms with E-state index in [9.17, 15) is 36.0 Å². The van der Waals surface area contributed by atoms with Gasteiger partial charge in [0.15, 0.2) is 27.2 Å². The van der Waals surface area contributed by atoms with Gasteiger partial charge in [-0.3, -0.25) is 14.4 Å². The molecule has 0 amide bonds. The van der Waals surface area contributed by atoms with Gasteiger partial charge in [0.1, 0.15) is 12.5 Å². The van der Waals surface area contributed by atoms with Gasteiger partial charge in [-0.2, -0.15) is 13.2 Å². The number of rotatable bonds is 6. The summed E-state index contributed by atoms with van der Waals surface area (Å²) < 4.78 is 65.6. The predicted molar refractivity (Wildman–Crippen MR) is 86.9 cm³/mol. The standard InChI is InChI=1S/C17H17F3O6S/c1-27(24,25)16-10(8-26-9-17(18,19)20)4-2-5-11(16)15(23)14-12(21)6-3-7-13(14)22/h2,4-5,14H,3,6-9H2,1H3. The maximum Gasteiger partial charge on any atom is 0.411 e.